The van der Waals surface area contributed by atoms with Crippen molar-refractivity contribution in [3.63, 3.8) is 0 Å². The lowest BCUT2D eigenvalue weighted by Crippen LogP contribution is -2.58. The monoisotopic (exact) mass is 749 g/mol. The van der Waals surface area contributed by atoms with Crippen molar-refractivity contribution < 1.29 is 45.0 Å². The van der Waals surface area contributed by atoms with E-state index in [0.29, 0.717) is 42.7 Å². The molecule has 1 aliphatic heterocycles. The molecule has 0 aliphatic carbocycles. The van der Waals surface area contributed by atoms with Crippen molar-refractivity contribution in [1.82, 2.24) is 14.9 Å². The van der Waals surface area contributed by atoms with E-state index in [4.69, 9.17) is 9.47 Å². The van der Waals surface area contributed by atoms with E-state index in [9.17, 15) is 26.7 Å². The number of alkyl halides is 3. The van der Waals surface area contributed by atoms with E-state index in [0.717, 1.165) is 34.9 Å². The quantitative estimate of drug-likeness (QED) is 0.154. The third-order valence-electron chi connectivity index (χ3n) is 9.46. The van der Waals surface area contributed by atoms with Crippen LogP contribution in [0.5, 0.6) is 11.5 Å². The first kappa shape index (κ1) is 38.7. The number of rotatable bonds is 14. The van der Waals surface area contributed by atoms with Crippen molar-refractivity contribution in [2.45, 2.75) is 48.8 Å². The molecule has 4 aromatic rings. The molecule has 1 fully saturated rings. The average Bonchev–Trinajstić information content (AvgIpc) is 3.12. The number of halogens is 5. The molecule has 0 spiro atoms. The van der Waals surface area contributed by atoms with Gasteiger partial charge in [-0.25, -0.2) is 31.5 Å². The van der Waals surface area contributed by atoms with Gasteiger partial charge < -0.3 is 19.5 Å². The summed E-state index contributed by atoms with van der Waals surface area (Å²) in [5, 5.41) is 9.77. The molecule has 2 heterocycles. The number of piperidine rings is 1. The van der Waals surface area contributed by atoms with Crippen molar-refractivity contribution in [3.05, 3.63) is 102 Å². The number of hydrogen-bond donors (Lipinski definition) is 1. The summed E-state index contributed by atoms with van der Waals surface area (Å²) < 4.78 is 112. The number of hydrogen-bond acceptors (Lipinski definition) is 9. The Kier molecular flexibility index (Phi) is 11.9. The molecule has 280 valence electrons. The van der Waals surface area contributed by atoms with Crippen molar-refractivity contribution in [2.75, 3.05) is 56.7 Å². The van der Waals surface area contributed by atoms with Gasteiger partial charge in [0.2, 0.25) is 0 Å². The Morgan fingerprint density at radius 1 is 1.02 bits per heavy atom. The molecule has 0 saturated carbocycles. The number of benzene rings is 3. The molecular formula is C36H40F5N5O5S. The first-order valence-corrected chi connectivity index (χ1v) is 17.9. The van der Waals surface area contributed by atoms with Gasteiger partial charge in [-0.2, -0.15) is 13.2 Å². The number of anilines is 2. The van der Waals surface area contributed by atoms with Crippen LogP contribution in [0.3, 0.4) is 0 Å². The molecule has 1 N–H and O–H groups in total. The van der Waals surface area contributed by atoms with Gasteiger partial charge in [0.25, 0.3) is 10.0 Å². The molecule has 1 atom stereocenters. The van der Waals surface area contributed by atoms with Crippen molar-refractivity contribution in [3.8, 4) is 11.5 Å². The van der Waals surface area contributed by atoms with Crippen molar-refractivity contribution in [1.29, 1.82) is 0 Å². The van der Waals surface area contributed by atoms with Gasteiger partial charge in [-0.1, -0.05) is 18.2 Å². The van der Waals surface area contributed by atoms with Crippen molar-refractivity contribution >= 4 is 21.5 Å². The molecule has 1 aromatic heterocycles. The second-order valence-electron chi connectivity index (χ2n) is 12.6. The highest BCUT2D eigenvalue weighted by atomic mass is 32.2. The van der Waals surface area contributed by atoms with Gasteiger partial charge in [0.1, 0.15) is 35.3 Å². The van der Waals surface area contributed by atoms with E-state index >= 15 is 8.78 Å². The molecule has 0 bridgehead atoms. The maximum atomic E-state index is 16.1. The zero-order valence-corrected chi connectivity index (χ0v) is 29.7. The van der Waals surface area contributed by atoms with Crippen LogP contribution in [0.2, 0.25) is 0 Å². The fraction of sp³-hybridized carbons (Fsp3) is 0.389. The highest BCUT2D eigenvalue weighted by Gasteiger charge is 2.40. The van der Waals surface area contributed by atoms with Crippen LogP contribution in [-0.4, -0.2) is 81.4 Å². The van der Waals surface area contributed by atoms with Crippen LogP contribution in [0, 0.1) is 11.6 Å². The predicted octanol–water partition coefficient (Wildman–Crippen LogP) is 6.08. The number of aliphatic hydroxyl groups excluding tert-OH is 1. The normalized spacial score (nSPS) is 16.6. The molecule has 1 saturated heterocycles. The van der Waals surface area contributed by atoms with Gasteiger partial charge >= 0.3 is 6.18 Å². The Hall–Kier alpha value is -4.54. The summed E-state index contributed by atoms with van der Waals surface area (Å²) in [6, 6.07) is 13.0. The van der Waals surface area contributed by atoms with E-state index in [1.165, 1.54) is 32.5 Å². The van der Waals surface area contributed by atoms with Gasteiger partial charge in [0.05, 0.1) is 32.9 Å². The Labute approximate surface area is 299 Å². The van der Waals surface area contributed by atoms with Crippen LogP contribution in [-0.2, 0) is 29.2 Å². The number of sulfonamides is 1. The SMILES string of the molecule is COc1ccc(CN(c2ccncn2)S(=O)(=O)c2c(F)cc(N3CCC[C@](CCc4cccc(C(F)(F)F)c4)(N(C)CCO)C3)cc2F)c(OC)c1. The third kappa shape index (κ3) is 8.40. The Bertz CT molecular complexity index is 1930. The number of ether oxygens (including phenoxy) is 2. The summed E-state index contributed by atoms with van der Waals surface area (Å²) in [7, 11) is -0.285. The van der Waals surface area contributed by atoms with Gasteiger partial charge in [-0.15, -0.1) is 0 Å². The number of aliphatic hydroxyl groups is 1. The molecule has 52 heavy (non-hydrogen) atoms. The van der Waals surface area contributed by atoms with E-state index < -0.39 is 50.4 Å². The smallest absolute Gasteiger partial charge is 0.416 e. The highest BCUT2D eigenvalue weighted by Crippen LogP contribution is 2.38. The molecule has 0 radical (unpaired) electrons. The standard InChI is InChI=1S/C36H40F5N5O5S/c1-44(16-17-47)35(13-10-25-6-4-7-27(18-25)36(39,40)41)12-5-15-45(23-35)28-19-30(37)34(31(38)20-28)52(48,49)46(33-11-14-42-24-43-33)22-26-8-9-29(50-2)21-32(26)51-3/h4,6-9,11,14,18-21,24,47H,5,10,12-13,15-17,22-23H2,1-3H3/t35-/m1/s1. The maximum Gasteiger partial charge on any atom is 0.416 e. The topological polar surface area (TPSA) is 108 Å². The van der Waals surface area contributed by atoms with Crippen LogP contribution < -0.4 is 18.7 Å². The number of methoxy groups -OCH3 is 2. The maximum absolute atomic E-state index is 16.1. The number of aryl methyl sites for hydroxylation is 1. The van der Waals surface area contributed by atoms with Crippen molar-refractivity contribution in [2.24, 2.45) is 0 Å². The molecule has 0 amide bonds. The number of aromatic nitrogens is 2. The zero-order valence-electron chi connectivity index (χ0n) is 28.9. The van der Waals surface area contributed by atoms with Gasteiger partial charge in [-0.3, -0.25) is 4.90 Å². The Morgan fingerprint density at radius 3 is 2.40 bits per heavy atom. The zero-order chi connectivity index (χ0) is 37.7. The van der Waals surface area contributed by atoms with E-state index in [1.807, 2.05) is 4.90 Å². The summed E-state index contributed by atoms with van der Waals surface area (Å²) in [6.07, 6.45) is -0.235. The minimum absolute atomic E-state index is 0.0971. The number of nitrogens with zero attached hydrogens (tertiary/aromatic N) is 5. The lowest BCUT2D eigenvalue weighted by atomic mass is 9.81. The van der Waals surface area contributed by atoms with E-state index in [1.54, 1.807) is 36.2 Å². The van der Waals surface area contributed by atoms with Gasteiger partial charge in [0.15, 0.2) is 4.90 Å². The fourth-order valence-corrected chi connectivity index (χ4v) is 8.14. The van der Waals surface area contributed by atoms with Gasteiger partial charge in [0, 0.05) is 54.8 Å². The average molecular weight is 750 g/mol. The van der Waals surface area contributed by atoms with E-state index in [-0.39, 0.29) is 43.4 Å². The number of β-amino-alcohol motifs (C(OH)–C–C–N with tert-alkyl or cyclic N) is 1. The summed E-state index contributed by atoms with van der Waals surface area (Å²) in [4.78, 5) is 10.4. The lowest BCUT2D eigenvalue weighted by molar-refractivity contribution is -0.137. The fourth-order valence-electron chi connectivity index (χ4n) is 6.65. The van der Waals surface area contributed by atoms with E-state index in [2.05, 4.69) is 9.97 Å². The van der Waals surface area contributed by atoms with Crippen LogP contribution in [0.15, 0.2) is 78.1 Å². The van der Waals surface area contributed by atoms with Crippen LogP contribution in [0.1, 0.15) is 36.0 Å². The second kappa shape index (κ2) is 16.0. The lowest BCUT2D eigenvalue weighted by Gasteiger charge is -2.49. The van der Waals surface area contributed by atoms with Gasteiger partial charge in [-0.05, 0) is 68.6 Å². The van der Waals surface area contributed by atoms with Crippen LogP contribution in [0.25, 0.3) is 0 Å². The van der Waals surface area contributed by atoms with Crippen LogP contribution >= 0.6 is 0 Å². The molecule has 1 aliphatic rings. The third-order valence-corrected chi connectivity index (χ3v) is 11.3. The molecule has 0 unspecified atom stereocenters. The Morgan fingerprint density at radius 2 is 1.77 bits per heavy atom. The predicted molar refractivity (Wildman–Crippen MR) is 185 cm³/mol. The molecule has 3 aromatic carbocycles. The summed E-state index contributed by atoms with van der Waals surface area (Å²) in [5.74, 6) is -2.05. The molecular weight excluding hydrogens is 709 g/mol. The first-order chi connectivity index (χ1) is 24.7. The summed E-state index contributed by atoms with van der Waals surface area (Å²) in [6.45, 7) is 0.285. The second-order valence-corrected chi connectivity index (χ2v) is 14.4. The minimum atomic E-state index is -4.93. The summed E-state index contributed by atoms with van der Waals surface area (Å²) in [5.41, 5.74) is -0.496. The number of likely N-dealkylation sites (N-methyl/N-ethyl adjacent to an activating group) is 1. The largest absolute Gasteiger partial charge is 0.497 e. The molecule has 5 rings (SSSR count). The highest BCUT2D eigenvalue weighted by molar-refractivity contribution is 7.92. The Balaban J connectivity index is 1.47. The summed E-state index contributed by atoms with van der Waals surface area (Å²) >= 11 is 0. The first-order valence-electron chi connectivity index (χ1n) is 16.4. The molecule has 16 heteroatoms. The molecule has 10 nitrogen and oxygen atoms in total. The van der Waals surface area contributed by atoms with Crippen LogP contribution in [0.4, 0.5) is 33.5 Å². The minimum Gasteiger partial charge on any atom is -0.497 e.